The molecule has 0 saturated carbocycles. The van der Waals surface area contributed by atoms with E-state index < -0.39 is 0 Å². The second-order valence-electron chi connectivity index (χ2n) is 7.07. The van der Waals surface area contributed by atoms with Gasteiger partial charge in [-0.05, 0) is 57.5 Å². The lowest BCUT2D eigenvalue weighted by molar-refractivity contribution is 0.245. The molecular weight excluding hydrogens is 334 g/mol. The van der Waals surface area contributed by atoms with Gasteiger partial charge in [0.25, 0.3) is 0 Å². The second kappa shape index (κ2) is 10.1. The van der Waals surface area contributed by atoms with Gasteiger partial charge in [0.15, 0.2) is 5.96 Å². The van der Waals surface area contributed by atoms with E-state index in [9.17, 15) is 0 Å². The van der Waals surface area contributed by atoms with E-state index in [4.69, 9.17) is 4.99 Å². The van der Waals surface area contributed by atoms with Gasteiger partial charge in [-0.1, -0.05) is 35.9 Å². The van der Waals surface area contributed by atoms with Crippen LogP contribution in [0.3, 0.4) is 0 Å². The second-order valence-corrected chi connectivity index (χ2v) is 7.07. The van der Waals surface area contributed by atoms with Crippen LogP contribution in [0.25, 0.3) is 0 Å². The number of hydrogen-bond acceptors (Lipinski definition) is 3. The van der Waals surface area contributed by atoms with Crippen LogP contribution in [-0.4, -0.2) is 42.0 Å². The summed E-state index contributed by atoms with van der Waals surface area (Å²) in [6.07, 6.45) is 4.39. The lowest BCUT2D eigenvalue weighted by atomic mass is 10.0. The lowest BCUT2D eigenvalue weighted by Gasteiger charge is -2.29. The third-order valence-electron chi connectivity index (χ3n) is 4.98. The Labute approximate surface area is 162 Å². The van der Waals surface area contributed by atoms with Gasteiger partial charge in [0.2, 0.25) is 0 Å². The maximum absolute atomic E-state index is 4.70. The van der Waals surface area contributed by atoms with Gasteiger partial charge < -0.3 is 10.6 Å². The summed E-state index contributed by atoms with van der Waals surface area (Å²) in [6, 6.07) is 15.2. The number of rotatable bonds is 7. The van der Waals surface area contributed by atoms with E-state index in [2.05, 4.69) is 58.6 Å². The Hall–Kier alpha value is -2.40. The van der Waals surface area contributed by atoms with E-state index in [-0.39, 0.29) is 0 Å². The summed E-state index contributed by atoms with van der Waals surface area (Å²) in [5, 5.41) is 6.90. The molecular formula is C22H31N5. The number of aliphatic imine (C=N–C) groups is 1. The van der Waals surface area contributed by atoms with Crippen LogP contribution in [0, 0.1) is 6.92 Å². The first-order valence-electron chi connectivity index (χ1n) is 9.99. The van der Waals surface area contributed by atoms with Crippen molar-refractivity contribution in [2.45, 2.75) is 39.3 Å². The fourth-order valence-corrected chi connectivity index (χ4v) is 3.49. The maximum atomic E-state index is 4.70. The topological polar surface area (TPSA) is 52.6 Å². The monoisotopic (exact) mass is 365 g/mol. The standard InChI is InChI=1S/C22H31N5/c1-3-23-22(25-16-20-8-4-5-13-24-20)26-17-21(27-14-6-7-15-27)19-11-9-18(2)10-12-19/h4-5,8-13,21H,3,6-7,14-17H2,1-2H3,(H2,23,25,26). The number of guanidine groups is 1. The zero-order chi connectivity index (χ0) is 18.9. The summed E-state index contributed by atoms with van der Waals surface area (Å²) in [5.74, 6) is 0.847. The molecule has 1 aromatic carbocycles. The molecule has 1 unspecified atom stereocenters. The first kappa shape index (κ1) is 19.4. The molecule has 0 bridgehead atoms. The largest absolute Gasteiger partial charge is 0.357 e. The summed E-state index contributed by atoms with van der Waals surface area (Å²) in [6.45, 7) is 8.83. The van der Waals surface area contributed by atoms with E-state index in [1.165, 1.54) is 37.1 Å². The number of nitrogens with zero attached hydrogens (tertiary/aromatic N) is 3. The molecule has 0 spiro atoms. The molecule has 1 atom stereocenters. The number of hydrogen-bond donors (Lipinski definition) is 2. The van der Waals surface area contributed by atoms with Crippen molar-refractivity contribution in [3.05, 3.63) is 65.5 Å². The summed E-state index contributed by atoms with van der Waals surface area (Å²) < 4.78 is 0. The van der Waals surface area contributed by atoms with Crippen LogP contribution in [0.5, 0.6) is 0 Å². The van der Waals surface area contributed by atoms with Crippen molar-refractivity contribution in [3.8, 4) is 0 Å². The average molecular weight is 366 g/mol. The first-order valence-corrected chi connectivity index (χ1v) is 9.99. The molecule has 1 fully saturated rings. The van der Waals surface area contributed by atoms with Gasteiger partial charge in [-0.25, -0.2) is 4.99 Å². The van der Waals surface area contributed by atoms with Gasteiger partial charge >= 0.3 is 0 Å². The van der Waals surface area contributed by atoms with Crippen LogP contribution in [0.4, 0.5) is 0 Å². The smallest absolute Gasteiger partial charge is 0.191 e. The van der Waals surface area contributed by atoms with Gasteiger partial charge in [0.05, 0.1) is 18.3 Å². The molecule has 0 radical (unpaired) electrons. The summed E-state index contributed by atoms with van der Waals surface area (Å²) in [5.41, 5.74) is 3.65. The zero-order valence-electron chi connectivity index (χ0n) is 16.5. The van der Waals surface area contributed by atoms with Crippen LogP contribution in [0.15, 0.2) is 53.7 Å². The summed E-state index contributed by atoms with van der Waals surface area (Å²) in [4.78, 5) is 11.6. The molecule has 2 N–H and O–H groups in total. The summed E-state index contributed by atoms with van der Waals surface area (Å²) in [7, 11) is 0. The molecule has 27 heavy (non-hydrogen) atoms. The minimum atomic E-state index is 0.367. The Kier molecular flexibility index (Phi) is 7.22. The average Bonchev–Trinajstić information content (AvgIpc) is 3.23. The van der Waals surface area contributed by atoms with E-state index in [1.54, 1.807) is 0 Å². The third-order valence-corrected chi connectivity index (χ3v) is 4.98. The van der Waals surface area contributed by atoms with Crippen molar-refractivity contribution in [3.63, 3.8) is 0 Å². The molecule has 3 rings (SSSR count). The molecule has 1 aromatic heterocycles. The highest BCUT2D eigenvalue weighted by Gasteiger charge is 2.23. The minimum Gasteiger partial charge on any atom is -0.357 e. The van der Waals surface area contributed by atoms with Gasteiger partial charge in [-0.15, -0.1) is 0 Å². The summed E-state index contributed by atoms with van der Waals surface area (Å²) >= 11 is 0. The van der Waals surface area contributed by atoms with Gasteiger partial charge in [0.1, 0.15) is 0 Å². The van der Waals surface area contributed by atoms with Crippen LogP contribution in [0.1, 0.15) is 42.6 Å². The highest BCUT2D eigenvalue weighted by Crippen LogP contribution is 2.24. The normalized spacial score (nSPS) is 16.3. The van der Waals surface area contributed by atoms with Crippen molar-refractivity contribution in [2.24, 2.45) is 4.99 Å². The van der Waals surface area contributed by atoms with E-state index >= 15 is 0 Å². The predicted molar refractivity (Wildman–Crippen MR) is 112 cm³/mol. The van der Waals surface area contributed by atoms with Crippen LogP contribution >= 0.6 is 0 Å². The number of aromatic nitrogens is 1. The SMILES string of the molecule is CCNC(=NCc1ccccn1)NCC(c1ccc(C)cc1)N1CCCC1. The van der Waals surface area contributed by atoms with Crippen LogP contribution in [-0.2, 0) is 6.54 Å². The number of nitrogens with one attached hydrogen (secondary N) is 2. The Morgan fingerprint density at radius 2 is 1.89 bits per heavy atom. The predicted octanol–water partition coefficient (Wildman–Crippen LogP) is 3.28. The Morgan fingerprint density at radius 3 is 2.56 bits per heavy atom. The number of aryl methyl sites for hydroxylation is 1. The van der Waals surface area contributed by atoms with Gasteiger partial charge in [-0.3, -0.25) is 9.88 Å². The molecule has 0 aliphatic carbocycles. The minimum absolute atomic E-state index is 0.367. The number of pyridine rings is 1. The van der Waals surface area contributed by atoms with E-state index in [1.807, 2.05) is 24.4 Å². The third kappa shape index (κ3) is 5.79. The highest BCUT2D eigenvalue weighted by molar-refractivity contribution is 5.79. The van der Waals surface area contributed by atoms with Crippen molar-refractivity contribution >= 4 is 5.96 Å². The lowest BCUT2D eigenvalue weighted by Crippen LogP contribution is -2.42. The van der Waals surface area contributed by atoms with Crippen LogP contribution < -0.4 is 10.6 Å². The molecule has 5 nitrogen and oxygen atoms in total. The fourth-order valence-electron chi connectivity index (χ4n) is 3.49. The van der Waals surface area contributed by atoms with Crippen LogP contribution in [0.2, 0.25) is 0 Å². The van der Waals surface area contributed by atoms with Crippen molar-refractivity contribution in [2.75, 3.05) is 26.2 Å². The van der Waals surface area contributed by atoms with Crippen molar-refractivity contribution in [1.29, 1.82) is 0 Å². The molecule has 0 amide bonds. The quantitative estimate of drug-likeness (QED) is 0.584. The molecule has 2 heterocycles. The Morgan fingerprint density at radius 1 is 1.11 bits per heavy atom. The molecule has 1 saturated heterocycles. The molecule has 1 aliphatic rings. The molecule has 2 aromatic rings. The van der Waals surface area contributed by atoms with E-state index in [0.29, 0.717) is 12.6 Å². The van der Waals surface area contributed by atoms with Gasteiger partial charge in [0, 0.05) is 19.3 Å². The number of benzene rings is 1. The zero-order valence-corrected chi connectivity index (χ0v) is 16.5. The molecule has 1 aliphatic heterocycles. The molecule has 144 valence electrons. The molecule has 5 heteroatoms. The first-order chi connectivity index (χ1) is 13.3. The van der Waals surface area contributed by atoms with Crippen molar-refractivity contribution in [1.82, 2.24) is 20.5 Å². The van der Waals surface area contributed by atoms with E-state index in [0.717, 1.165) is 24.7 Å². The van der Waals surface area contributed by atoms with Crippen molar-refractivity contribution < 1.29 is 0 Å². The highest BCUT2D eigenvalue weighted by atomic mass is 15.2. The van der Waals surface area contributed by atoms with Gasteiger partial charge in [-0.2, -0.15) is 0 Å². The maximum Gasteiger partial charge on any atom is 0.191 e. The fraction of sp³-hybridized carbons (Fsp3) is 0.455. The Bertz CT molecular complexity index is 705. The number of likely N-dealkylation sites (tertiary alicyclic amines) is 1. The Balaban J connectivity index is 1.68.